The molecule has 4 aliphatic rings. The lowest BCUT2D eigenvalue weighted by atomic mass is 9.75. The third-order valence-corrected chi connectivity index (χ3v) is 14.9. The molecule has 2 aliphatic carbocycles. The molecule has 15 nitrogen and oxygen atoms in total. The molecule has 2 aliphatic heterocycles. The summed E-state index contributed by atoms with van der Waals surface area (Å²) < 4.78 is 55.1. The number of hydrogen-bond acceptors (Lipinski definition) is 16. The van der Waals surface area contributed by atoms with E-state index in [0.717, 1.165) is 18.4 Å². The number of thioether (sulfide) groups is 1. The average Bonchev–Trinajstić information content (AvgIpc) is 3.94. The lowest BCUT2D eigenvalue weighted by Gasteiger charge is -2.45. The number of halogens is 3. The molecule has 1 saturated carbocycles. The maximum atomic E-state index is 15.4. The van der Waals surface area contributed by atoms with Crippen molar-refractivity contribution in [3.8, 4) is 17.2 Å². The van der Waals surface area contributed by atoms with Gasteiger partial charge in [0, 0.05) is 42.2 Å². The number of rotatable bonds is 18. The molecule has 68 heavy (non-hydrogen) atoms. The maximum absolute atomic E-state index is 15.4. The van der Waals surface area contributed by atoms with E-state index in [0.29, 0.717) is 28.7 Å². The van der Waals surface area contributed by atoms with E-state index in [1.807, 2.05) is 60.7 Å². The van der Waals surface area contributed by atoms with Gasteiger partial charge in [0.1, 0.15) is 59.5 Å². The first-order valence-electron chi connectivity index (χ1n) is 22.2. The summed E-state index contributed by atoms with van der Waals surface area (Å²) in [6.07, 6.45) is -6.66. The number of aliphatic hydroxyl groups is 1. The van der Waals surface area contributed by atoms with E-state index in [1.54, 1.807) is 13.0 Å². The number of Topliss-reactive ketones (excluding diaryl/α,β-unsaturated/α-hetero) is 2. The van der Waals surface area contributed by atoms with Crippen LogP contribution in [0.3, 0.4) is 0 Å². The van der Waals surface area contributed by atoms with Crippen molar-refractivity contribution >= 4 is 85.2 Å². The molecular weight excluding hydrogens is 1010 g/mol. The summed E-state index contributed by atoms with van der Waals surface area (Å²) in [5.41, 5.74) is 1.08. The Bertz CT molecular complexity index is 2440. The molecule has 8 rings (SSSR count). The number of phenols is 1. The molecule has 4 aromatic carbocycles. The van der Waals surface area contributed by atoms with Crippen molar-refractivity contribution in [3.63, 3.8) is 0 Å². The first kappa shape index (κ1) is 50.5. The van der Waals surface area contributed by atoms with Crippen LogP contribution in [0.25, 0.3) is 10.8 Å². The second-order valence-electron chi connectivity index (χ2n) is 17.0. The van der Waals surface area contributed by atoms with E-state index in [4.69, 9.17) is 65.8 Å². The van der Waals surface area contributed by atoms with Crippen LogP contribution >= 0.6 is 50.9 Å². The predicted molar refractivity (Wildman–Crippen MR) is 253 cm³/mol. The van der Waals surface area contributed by atoms with Gasteiger partial charge in [-0.25, -0.2) is 0 Å². The number of aromatic hydroxyl groups is 1. The van der Waals surface area contributed by atoms with E-state index in [-0.39, 0.29) is 47.6 Å². The zero-order valence-electron chi connectivity index (χ0n) is 37.1. The van der Waals surface area contributed by atoms with Crippen LogP contribution in [0.2, 0.25) is 0 Å². The highest BCUT2D eigenvalue weighted by Crippen LogP contribution is 2.48. The number of hydrogen-bond donors (Lipinski definition) is 2. The molecule has 3 fully saturated rings. The molecule has 1 spiro atoms. The van der Waals surface area contributed by atoms with Gasteiger partial charge in [0.25, 0.3) is 0 Å². The Hall–Kier alpha value is -3.85. The van der Waals surface area contributed by atoms with Gasteiger partial charge in [-0.2, -0.15) is 0 Å². The Morgan fingerprint density at radius 1 is 0.971 bits per heavy atom. The quantitative estimate of drug-likeness (QED) is 0.0328. The lowest BCUT2D eigenvalue weighted by Crippen LogP contribution is -2.61. The monoisotopic (exact) mass is 1060 g/mol. The van der Waals surface area contributed by atoms with Crippen molar-refractivity contribution in [1.82, 2.24) is 0 Å². The highest BCUT2D eigenvalue weighted by molar-refractivity contribution is 9.09. The van der Waals surface area contributed by atoms with Crippen molar-refractivity contribution in [3.05, 3.63) is 95.6 Å². The summed E-state index contributed by atoms with van der Waals surface area (Å²) in [6.45, 7) is 1.67. The number of ketones is 2. The minimum absolute atomic E-state index is 0.0227. The van der Waals surface area contributed by atoms with Gasteiger partial charge < -0.3 is 52.8 Å². The van der Waals surface area contributed by atoms with E-state index >= 15 is 4.79 Å². The average molecular weight is 1060 g/mol. The van der Waals surface area contributed by atoms with E-state index in [2.05, 4.69) is 15.9 Å². The number of ether oxygens (including phenoxy) is 9. The Kier molecular flexibility index (Phi) is 16.7. The molecule has 0 radical (unpaired) electrons. The van der Waals surface area contributed by atoms with Crippen LogP contribution < -0.4 is 9.47 Å². The van der Waals surface area contributed by atoms with Crippen molar-refractivity contribution in [1.29, 1.82) is 0 Å². The van der Waals surface area contributed by atoms with Crippen molar-refractivity contribution in [2.45, 2.75) is 111 Å². The second-order valence-corrected chi connectivity index (χ2v) is 19.4. The Balaban J connectivity index is 1.21. The van der Waals surface area contributed by atoms with Crippen LogP contribution in [0.5, 0.6) is 17.2 Å². The second kappa shape index (κ2) is 22.5. The molecule has 0 aromatic heterocycles. The molecule has 0 bridgehead atoms. The number of methoxy groups -OCH3 is 1. The Labute approximate surface area is 415 Å². The normalized spacial score (nSPS) is 26.9. The van der Waals surface area contributed by atoms with Gasteiger partial charge in [-0.15, -0.1) is 35.0 Å². The van der Waals surface area contributed by atoms with Crippen LogP contribution in [0.4, 0.5) is 0 Å². The highest BCUT2D eigenvalue weighted by atomic mass is 79.9. The lowest BCUT2D eigenvalue weighted by molar-refractivity contribution is -0.259. The largest absolute Gasteiger partial charge is 0.506 e. The maximum Gasteiger partial charge on any atom is 0.326 e. The molecule has 2 N–H and O–H groups in total. The standard InChI is InChI=1S/C49H51BrCl2O15S/c1-26-43(67-49(66-26)15-9-10-16-49)41(57)44(59-2)32-19-29-17-28-18-30(62-35(53)22-51)20-33(61-25-60-24-27-11-5-3-6-12-27)37(28)39(55)38(29)40(56)45(32)65-48-47(68-31-13-7-4-8-14-31)42(58)46(34(21-50)63-48)64-36(54)23-52/h3-8,11-14,17-18,20,26,32,34,42-48,55,58H,9-10,15-16,19,21-25H2,1-2H3/t26-,32+,34-,42+,43+,44+,45+,46-,47-,48+/m1/s1. The summed E-state index contributed by atoms with van der Waals surface area (Å²) in [4.78, 5) is 56.0. The number of esters is 2. The highest BCUT2D eigenvalue weighted by Gasteiger charge is 2.56. The van der Waals surface area contributed by atoms with E-state index in [1.165, 1.54) is 31.0 Å². The first-order chi connectivity index (χ1) is 32.9. The molecule has 0 unspecified atom stereocenters. The molecule has 2 heterocycles. The third-order valence-electron chi connectivity index (χ3n) is 12.5. The van der Waals surface area contributed by atoms with Gasteiger partial charge in [-0.3, -0.25) is 19.2 Å². The minimum Gasteiger partial charge on any atom is -0.506 e. The topological polar surface area (TPSA) is 192 Å². The van der Waals surface area contributed by atoms with Gasteiger partial charge >= 0.3 is 11.9 Å². The molecule has 10 atom stereocenters. The van der Waals surface area contributed by atoms with E-state index in [9.17, 15) is 24.6 Å². The number of aliphatic hydroxyl groups excluding tert-OH is 1. The Morgan fingerprint density at radius 2 is 1.68 bits per heavy atom. The summed E-state index contributed by atoms with van der Waals surface area (Å²) in [5.74, 6) is -6.04. The van der Waals surface area contributed by atoms with Crippen LogP contribution in [0.15, 0.2) is 83.8 Å². The van der Waals surface area contributed by atoms with Gasteiger partial charge in [-0.05, 0) is 67.0 Å². The fourth-order valence-electron chi connectivity index (χ4n) is 9.49. The molecular formula is C49H51BrCl2O15S. The zero-order chi connectivity index (χ0) is 48.1. The number of carbonyl (C=O) groups excluding carboxylic acids is 4. The smallest absolute Gasteiger partial charge is 0.326 e. The van der Waals surface area contributed by atoms with Crippen LogP contribution in [0.1, 0.15) is 54.1 Å². The summed E-state index contributed by atoms with van der Waals surface area (Å²) in [6, 6.07) is 23.0. The molecule has 2 saturated heterocycles. The number of phenolic OH excluding ortho intramolecular Hbond substituents is 1. The summed E-state index contributed by atoms with van der Waals surface area (Å²) in [7, 11) is 1.36. The van der Waals surface area contributed by atoms with Gasteiger partial charge in [0.05, 0.1) is 28.9 Å². The van der Waals surface area contributed by atoms with Gasteiger partial charge in [0.15, 0.2) is 36.5 Å². The predicted octanol–water partition coefficient (Wildman–Crippen LogP) is 7.43. The van der Waals surface area contributed by atoms with E-state index < -0.39 is 107 Å². The van der Waals surface area contributed by atoms with Crippen LogP contribution in [0, 0.1) is 5.92 Å². The summed E-state index contributed by atoms with van der Waals surface area (Å²) in [5, 5.41) is 23.9. The minimum atomic E-state index is -1.56. The fraction of sp³-hybridized carbons (Fsp3) is 0.469. The van der Waals surface area contributed by atoms with Crippen LogP contribution in [-0.4, -0.2) is 125 Å². The van der Waals surface area contributed by atoms with Crippen molar-refractivity contribution in [2.75, 3.05) is 31.0 Å². The first-order valence-corrected chi connectivity index (χ1v) is 25.3. The third kappa shape index (κ3) is 10.9. The van der Waals surface area contributed by atoms with Crippen molar-refractivity contribution in [2.24, 2.45) is 5.92 Å². The van der Waals surface area contributed by atoms with Crippen LogP contribution in [-0.2, 0) is 60.6 Å². The summed E-state index contributed by atoms with van der Waals surface area (Å²) >= 11 is 16.2. The fourth-order valence-corrected chi connectivity index (χ4v) is 11.3. The van der Waals surface area contributed by atoms with Gasteiger partial charge in [-0.1, -0.05) is 64.5 Å². The molecule has 19 heteroatoms. The van der Waals surface area contributed by atoms with Gasteiger partial charge in [0.2, 0.25) is 0 Å². The van der Waals surface area contributed by atoms with Crippen molar-refractivity contribution < 1.29 is 72.0 Å². The SMILES string of the molecule is CO[C@H](C(=O)[C@H]1OC2(CCCC2)O[C@@H]1C)[C@@H]1Cc2cc3cc(OC(=O)CCl)cc(OCOCc4ccccc4)c3c(O)c2C(=O)[C@H]1O[C@@H]1O[C@H](CBr)[C@@H](OC(=O)CCl)[C@H](O)[C@H]1Sc1ccccc1. The molecule has 4 aromatic rings. The Morgan fingerprint density at radius 3 is 2.35 bits per heavy atom. The number of benzene rings is 4. The number of alkyl halides is 3. The molecule has 364 valence electrons. The zero-order valence-corrected chi connectivity index (χ0v) is 41.0. The number of carbonyl (C=O) groups is 4. The molecule has 0 amide bonds. The number of fused-ring (bicyclic) bond motifs is 2.